The molecule has 0 aliphatic heterocycles. The molecule has 0 saturated heterocycles. The van der Waals surface area contributed by atoms with E-state index in [4.69, 9.17) is 5.73 Å². The Labute approximate surface area is 146 Å². The van der Waals surface area contributed by atoms with Crippen molar-refractivity contribution in [1.82, 2.24) is 10.6 Å². The van der Waals surface area contributed by atoms with Crippen LogP contribution in [0.2, 0.25) is 0 Å². The van der Waals surface area contributed by atoms with E-state index in [2.05, 4.69) is 10.6 Å². The van der Waals surface area contributed by atoms with Gasteiger partial charge < -0.3 is 16.4 Å². The van der Waals surface area contributed by atoms with Gasteiger partial charge in [0.05, 0.1) is 18.5 Å². The lowest BCUT2D eigenvalue weighted by Gasteiger charge is -2.20. The van der Waals surface area contributed by atoms with Crippen LogP contribution in [-0.2, 0) is 4.79 Å². The number of amides is 3. The Kier molecular flexibility index (Phi) is 6.37. The maximum Gasteiger partial charge on any atom is 0.312 e. The van der Waals surface area contributed by atoms with Crippen LogP contribution in [0.1, 0.15) is 47.9 Å². The van der Waals surface area contributed by atoms with Gasteiger partial charge in [0.2, 0.25) is 5.91 Å². The van der Waals surface area contributed by atoms with Gasteiger partial charge in [-0.2, -0.15) is 0 Å². The molecule has 0 spiro atoms. The van der Waals surface area contributed by atoms with Gasteiger partial charge in [-0.05, 0) is 30.4 Å². The summed E-state index contributed by atoms with van der Waals surface area (Å²) in [5.41, 5.74) is 7.49. The molecule has 0 aliphatic carbocycles. The Bertz CT molecular complexity index is 668. The highest BCUT2D eigenvalue weighted by atomic mass is 32.1. The van der Waals surface area contributed by atoms with Crippen molar-refractivity contribution < 1.29 is 9.59 Å². The molecule has 1 heterocycles. The highest BCUT2D eigenvalue weighted by molar-refractivity contribution is 7.10. The lowest BCUT2D eigenvalue weighted by molar-refractivity contribution is -0.122. The number of urea groups is 1. The second-order valence-electron chi connectivity index (χ2n) is 5.72. The van der Waals surface area contributed by atoms with Crippen LogP contribution < -0.4 is 16.4 Å². The van der Waals surface area contributed by atoms with Crippen LogP contribution in [0.25, 0.3) is 0 Å². The highest BCUT2D eigenvalue weighted by Gasteiger charge is 2.20. The predicted molar refractivity (Wildman–Crippen MR) is 96.7 cm³/mol. The van der Waals surface area contributed by atoms with Gasteiger partial charge in [-0.25, -0.2) is 4.79 Å². The van der Waals surface area contributed by atoms with Gasteiger partial charge in [-0.15, -0.1) is 11.3 Å². The molecular weight excluding hydrogens is 322 g/mol. The number of nitrogens with two attached hydrogens (primary N) is 1. The monoisotopic (exact) mass is 345 g/mol. The molecule has 2 rings (SSSR count). The Morgan fingerprint density at radius 3 is 2.38 bits per heavy atom. The lowest BCUT2D eigenvalue weighted by Crippen LogP contribution is -2.37. The maximum absolute atomic E-state index is 12.4. The number of hydrogen-bond donors (Lipinski definition) is 3. The van der Waals surface area contributed by atoms with Crippen molar-refractivity contribution in [3.63, 3.8) is 0 Å². The predicted octanol–water partition coefficient (Wildman–Crippen LogP) is 3.42. The molecule has 128 valence electrons. The third-order valence-electron chi connectivity index (χ3n) is 3.82. The number of nitrogens with one attached hydrogen (secondary N) is 2. The summed E-state index contributed by atoms with van der Waals surface area (Å²) in [5, 5.41) is 7.59. The number of primary amides is 1. The molecule has 0 radical (unpaired) electrons. The van der Waals surface area contributed by atoms with E-state index >= 15 is 0 Å². The second-order valence-corrected chi connectivity index (χ2v) is 6.70. The minimum Gasteiger partial charge on any atom is -0.352 e. The normalized spacial score (nSPS) is 13.1. The fourth-order valence-corrected chi connectivity index (χ4v) is 3.32. The number of thiophene rings is 1. The largest absolute Gasteiger partial charge is 0.352 e. The molecule has 1 aromatic carbocycles. The summed E-state index contributed by atoms with van der Waals surface area (Å²) in [6, 6.07) is 10.8. The summed E-state index contributed by atoms with van der Waals surface area (Å²) < 4.78 is 0. The molecule has 2 aromatic rings. The standard InChI is InChI=1S/C18H23N3O2S/c1-3-14(13-8-6-12(2)7-9-13)20-17(22)11-15(21-18(19)23)16-5-4-10-24-16/h4-10,14-15H,3,11H2,1-2H3,(H,20,22)(H3,19,21,23). The van der Waals surface area contributed by atoms with Crippen molar-refractivity contribution in [2.45, 2.75) is 38.8 Å². The van der Waals surface area contributed by atoms with Crippen molar-refractivity contribution in [2.75, 3.05) is 0 Å². The zero-order valence-electron chi connectivity index (χ0n) is 13.9. The van der Waals surface area contributed by atoms with Crippen LogP contribution >= 0.6 is 11.3 Å². The number of benzene rings is 1. The molecular formula is C18H23N3O2S. The van der Waals surface area contributed by atoms with Gasteiger partial charge in [0.1, 0.15) is 0 Å². The number of hydrogen-bond acceptors (Lipinski definition) is 3. The van der Waals surface area contributed by atoms with E-state index < -0.39 is 12.1 Å². The molecule has 0 bridgehead atoms. The molecule has 3 amide bonds. The smallest absolute Gasteiger partial charge is 0.312 e. The molecule has 6 heteroatoms. The molecule has 4 N–H and O–H groups in total. The minimum atomic E-state index is -0.633. The summed E-state index contributed by atoms with van der Waals surface area (Å²) in [7, 11) is 0. The first kappa shape index (κ1) is 18.0. The maximum atomic E-state index is 12.4. The average Bonchev–Trinajstić information content (AvgIpc) is 3.07. The summed E-state index contributed by atoms with van der Waals surface area (Å²) in [4.78, 5) is 24.6. The van der Waals surface area contributed by atoms with E-state index in [0.29, 0.717) is 0 Å². The Morgan fingerprint density at radius 2 is 1.83 bits per heavy atom. The van der Waals surface area contributed by atoms with Crippen LogP contribution in [0.15, 0.2) is 41.8 Å². The minimum absolute atomic E-state index is 0.0457. The van der Waals surface area contributed by atoms with Crippen LogP contribution in [0, 0.1) is 6.92 Å². The van der Waals surface area contributed by atoms with Gasteiger partial charge in [-0.3, -0.25) is 4.79 Å². The molecule has 0 fully saturated rings. The second kappa shape index (κ2) is 8.49. The van der Waals surface area contributed by atoms with Crippen LogP contribution in [0.5, 0.6) is 0 Å². The van der Waals surface area contributed by atoms with E-state index in [1.54, 1.807) is 0 Å². The zero-order chi connectivity index (χ0) is 17.5. The molecule has 0 saturated carbocycles. The van der Waals surface area contributed by atoms with Gasteiger partial charge in [0, 0.05) is 4.88 Å². The van der Waals surface area contributed by atoms with Gasteiger partial charge in [-0.1, -0.05) is 42.8 Å². The number of carbonyl (C=O) groups is 2. The zero-order valence-corrected chi connectivity index (χ0v) is 14.7. The van der Waals surface area contributed by atoms with Crippen molar-refractivity contribution >= 4 is 23.3 Å². The third-order valence-corrected chi connectivity index (χ3v) is 4.80. The van der Waals surface area contributed by atoms with Crippen molar-refractivity contribution in [1.29, 1.82) is 0 Å². The fourth-order valence-electron chi connectivity index (χ4n) is 2.54. The Hall–Kier alpha value is -2.34. The van der Waals surface area contributed by atoms with Gasteiger partial charge in [0.25, 0.3) is 0 Å². The SMILES string of the molecule is CCC(NC(=O)CC(NC(N)=O)c1cccs1)c1ccc(C)cc1. The van der Waals surface area contributed by atoms with E-state index in [0.717, 1.165) is 16.9 Å². The van der Waals surface area contributed by atoms with E-state index in [1.807, 2.05) is 55.6 Å². The van der Waals surface area contributed by atoms with Gasteiger partial charge >= 0.3 is 6.03 Å². The quantitative estimate of drug-likeness (QED) is 0.718. The first-order valence-corrected chi connectivity index (χ1v) is 8.82. The first-order valence-electron chi connectivity index (χ1n) is 7.95. The van der Waals surface area contributed by atoms with Crippen LogP contribution in [-0.4, -0.2) is 11.9 Å². The summed E-state index contributed by atoms with van der Waals surface area (Å²) in [6.07, 6.45) is 0.952. The van der Waals surface area contributed by atoms with E-state index in [1.165, 1.54) is 16.9 Å². The number of aryl methyl sites for hydroxylation is 1. The van der Waals surface area contributed by atoms with Crippen molar-refractivity contribution in [3.8, 4) is 0 Å². The first-order chi connectivity index (χ1) is 11.5. The summed E-state index contributed by atoms with van der Waals surface area (Å²) in [6.45, 7) is 4.06. The van der Waals surface area contributed by atoms with E-state index in [-0.39, 0.29) is 18.4 Å². The fraction of sp³-hybridized carbons (Fsp3) is 0.333. The van der Waals surface area contributed by atoms with Gasteiger partial charge in [0.15, 0.2) is 0 Å². The molecule has 0 aliphatic rings. The molecule has 1 aromatic heterocycles. The number of rotatable bonds is 7. The highest BCUT2D eigenvalue weighted by Crippen LogP contribution is 2.23. The topological polar surface area (TPSA) is 84.2 Å². The summed E-state index contributed by atoms with van der Waals surface area (Å²) in [5.74, 6) is -0.116. The Balaban J connectivity index is 2.03. The molecule has 2 atom stereocenters. The van der Waals surface area contributed by atoms with Crippen LogP contribution in [0.3, 0.4) is 0 Å². The van der Waals surface area contributed by atoms with Crippen LogP contribution in [0.4, 0.5) is 4.79 Å². The average molecular weight is 345 g/mol. The third kappa shape index (κ3) is 5.09. The number of carbonyl (C=O) groups excluding carboxylic acids is 2. The molecule has 2 unspecified atom stereocenters. The summed E-state index contributed by atoms with van der Waals surface area (Å²) >= 11 is 1.49. The van der Waals surface area contributed by atoms with Crippen molar-refractivity contribution in [2.24, 2.45) is 5.73 Å². The van der Waals surface area contributed by atoms with Crippen molar-refractivity contribution in [3.05, 3.63) is 57.8 Å². The molecule has 24 heavy (non-hydrogen) atoms. The molecule has 5 nitrogen and oxygen atoms in total. The lowest BCUT2D eigenvalue weighted by atomic mass is 10.0. The van der Waals surface area contributed by atoms with E-state index in [9.17, 15) is 9.59 Å². The Morgan fingerprint density at radius 1 is 1.12 bits per heavy atom.